The summed E-state index contributed by atoms with van der Waals surface area (Å²) in [7, 11) is 0. The van der Waals surface area contributed by atoms with Crippen molar-refractivity contribution in [3.8, 4) is 0 Å². The molecule has 1 heterocycles. The van der Waals surface area contributed by atoms with Gasteiger partial charge in [-0.15, -0.1) is 0 Å². The Kier molecular flexibility index (Phi) is 2.74. The molecule has 0 saturated carbocycles. The van der Waals surface area contributed by atoms with Crippen molar-refractivity contribution in [2.75, 3.05) is 0 Å². The second-order valence-corrected chi connectivity index (χ2v) is 3.63. The summed E-state index contributed by atoms with van der Waals surface area (Å²) in [6, 6.07) is 0. The molecule has 0 aliphatic heterocycles. The molecular formula is C11H9FN2O4. The molecule has 0 unspecified atom stereocenters. The Morgan fingerprint density at radius 3 is 2.44 bits per heavy atom. The lowest BCUT2D eigenvalue weighted by Crippen LogP contribution is -2.14. The van der Waals surface area contributed by atoms with E-state index in [-0.39, 0.29) is 23.0 Å². The average molecular weight is 252 g/mol. The molecule has 3 N–H and O–H groups in total. The van der Waals surface area contributed by atoms with Crippen molar-refractivity contribution >= 4 is 23.0 Å². The number of benzene rings is 1. The predicted molar refractivity (Wildman–Crippen MR) is 59.3 cm³/mol. The number of carboxylic acid groups (broad SMARTS) is 2. The van der Waals surface area contributed by atoms with Crippen molar-refractivity contribution < 1.29 is 24.2 Å². The fraction of sp³-hybridized carbons (Fsp3) is 0.182. The van der Waals surface area contributed by atoms with Crippen LogP contribution in [-0.2, 0) is 6.42 Å². The van der Waals surface area contributed by atoms with Crippen LogP contribution in [0.5, 0.6) is 0 Å². The molecule has 6 nitrogen and oxygen atoms in total. The van der Waals surface area contributed by atoms with Crippen molar-refractivity contribution in [1.82, 2.24) is 9.97 Å². The third-order valence-corrected chi connectivity index (χ3v) is 2.70. The number of imidazole rings is 1. The zero-order valence-electron chi connectivity index (χ0n) is 9.32. The zero-order chi connectivity index (χ0) is 13.4. The maximum Gasteiger partial charge on any atom is 0.338 e. The minimum absolute atomic E-state index is 0.0660. The summed E-state index contributed by atoms with van der Waals surface area (Å²) in [5, 5.41) is 18.2. The Morgan fingerprint density at radius 1 is 1.33 bits per heavy atom. The van der Waals surface area contributed by atoms with E-state index >= 15 is 0 Å². The van der Waals surface area contributed by atoms with Crippen LogP contribution in [0.3, 0.4) is 0 Å². The van der Waals surface area contributed by atoms with E-state index < -0.39 is 28.9 Å². The first-order valence-corrected chi connectivity index (χ1v) is 5.13. The Balaban J connectivity index is 3.04. The summed E-state index contributed by atoms with van der Waals surface area (Å²) in [6.45, 7) is 1.55. The van der Waals surface area contributed by atoms with Gasteiger partial charge in [0.2, 0.25) is 0 Å². The molecule has 1 aromatic carbocycles. The Labute approximate surface area is 100 Å². The number of nitrogens with one attached hydrogen (secondary N) is 1. The Hall–Kier alpha value is -2.44. The van der Waals surface area contributed by atoms with E-state index in [2.05, 4.69) is 9.97 Å². The number of carboxylic acids is 2. The summed E-state index contributed by atoms with van der Waals surface area (Å²) >= 11 is 0. The first kappa shape index (κ1) is 12.0. The van der Waals surface area contributed by atoms with E-state index in [1.54, 1.807) is 6.92 Å². The number of H-pyrrole nitrogens is 1. The minimum Gasteiger partial charge on any atom is -0.478 e. The first-order valence-electron chi connectivity index (χ1n) is 5.13. The molecule has 18 heavy (non-hydrogen) atoms. The molecule has 0 fully saturated rings. The van der Waals surface area contributed by atoms with Gasteiger partial charge in [0.15, 0.2) is 5.82 Å². The SMILES string of the molecule is CCc1c(C(=O)O)c(C(=O)O)c2[nH]cnc2c1F. The van der Waals surface area contributed by atoms with Gasteiger partial charge >= 0.3 is 11.9 Å². The van der Waals surface area contributed by atoms with Crippen LogP contribution in [-0.4, -0.2) is 32.1 Å². The number of halogens is 1. The van der Waals surface area contributed by atoms with Crippen LogP contribution < -0.4 is 0 Å². The van der Waals surface area contributed by atoms with Crippen LogP contribution in [0.4, 0.5) is 4.39 Å². The van der Waals surface area contributed by atoms with Gasteiger partial charge in [0.1, 0.15) is 11.1 Å². The molecular weight excluding hydrogens is 243 g/mol. The predicted octanol–water partition coefficient (Wildman–Crippen LogP) is 1.66. The number of fused-ring (bicyclic) bond motifs is 1. The maximum absolute atomic E-state index is 14.0. The molecule has 0 amide bonds. The summed E-state index contributed by atoms with van der Waals surface area (Å²) in [6.07, 6.45) is 1.20. The van der Waals surface area contributed by atoms with Gasteiger partial charge in [-0.05, 0) is 6.42 Å². The van der Waals surface area contributed by atoms with Crippen LogP contribution in [0.25, 0.3) is 11.0 Å². The Bertz CT molecular complexity index is 663. The second kappa shape index (κ2) is 4.10. The standard InChI is InChI=1S/C11H9FN2O4/c1-2-4-5(10(15)16)6(11(17)18)8-9(7(4)12)14-3-13-8/h3H,2H2,1H3,(H,13,14)(H,15,16)(H,17,18). The van der Waals surface area contributed by atoms with Crippen LogP contribution >= 0.6 is 0 Å². The maximum atomic E-state index is 14.0. The van der Waals surface area contributed by atoms with Crippen molar-refractivity contribution in [2.45, 2.75) is 13.3 Å². The number of aromatic carboxylic acids is 2. The fourth-order valence-corrected chi connectivity index (χ4v) is 1.96. The van der Waals surface area contributed by atoms with E-state index in [9.17, 15) is 14.0 Å². The van der Waals surface area contributed by atoms with Gasteiger partial charge in [-0.3, -0.25) is 0 Å². The topological polar surface area (TPSA) is 103 Å². The summed E-state index contributed by atoms with van der Waals surface area (Å²) in [4.78, 5) is 28.5. The largest absolute Gasteiger partial charge is 0.478 e. The van der Waals surface area contributed by atoms with E-state index in [0.29, 0.717) is 0 Å². The highest BCUT2D eigenvalue weighted by atomic mass is 19.1. The van der Waals surface area contributed by atoms with Gasteiger partial charge < -0.3 is 15.2 Å². The first-order chi connectivity index (χ1) is 8.49. The third kappa shape index (κ3) is 1.52. The van der Waals surface area contributed by atoms with E-state index in [4.69, 9.17) is 10.2 Å². The zero-order valence-corrected chi connectivity index (χ0v) is 9.32. The summed E-state index contributed by atoms with van der Waals surface area (Å²) < 4.78 is 14.0. The number of rotatable bonds is 3. The third-order valence-electron chi connectivity index (χ3n) is 2.70. The highest BCUT2D eigenvalue weighted by Gasteiger charge is 2.28. The number of aromatic nitrogens is 2. The van der Waals surface area contributed by atoms with Crippen LogP contribution in [0, 0.1) is 5.82 Å². The van der Waals surface area contributed by atoms with Gasteiger partial charge in [-0.2, -0.15) is 0 Å². The molecule has 94 valence electrons. The minimum atomic E-state index is -1.47. The lowest BCUT2D eigenvalue weighted by atomic mass is 9.96. The highest BCUT2D eigenvalue weighted by molar-refractivity contribution is 6.11. The van der Waals surface area contributed by atoms with Gasteiger partial charge in [0, 0.05) is 5.56 Å². The number of aromatic amines is 1. The number of nitrogens with zero attached hydrogens (tertiary/aromatic N) is 1. The van der Waals surface area contributed by atoms with E-state index in [1.165, 1.54) is 0 Å². The molecule has 1 aromatic heterocycles. The fourth-order valence-electron chi connectivity index (χ4n) is 1.96. The molecule has 0 atom stereocenters. The van der Waals surface area contributed by atoms with E-state index in [0.717, 1.165) is 6.33 Å². The molecule has 7 heteroatoms. The Morgan fingerprint density at radius 2 is 1.94 bits per heavy atom. The number of hydrogen-bond acceptors (Lipinski definition) is 3. The normalized spacial score (nSPS) is 10.8. The summed E-state index contributed by atoms with van der Waals surface area (Å²) in [5.74, 6) is -3.70. The molecule has 0 aliphatic carbocycles. The van der Waals surface area contributed by atoms with Gasteiger partial charge in [0.25, 0.3) is 0 Å². The molecule has 2 rings (SSSR count). The molecule has 0 radical (unpaired) electrons. The second-order valence-electron chi connectivity index (χ2n) is 3.63. The molecule has 2 aromatic rings. The van der Waals surface area contributed by atoms with Crippen molar-refractivity contribution in [3.63, 3.8) is 0 Å². The van der Waals surface area contributed by atoms with Gasteiger partial charge in [0.05, 0.1) is 17.4 Å². The van der Waals surface area contributed by atoms with Crippen molar-refractivity contribution in [2.24, 2.45) is 0 Å². The molecule has 0 bridgehead atoms. The molecule has 0 saturated heterocycles. The van der Waals surface area contributed by atoms with Gasteiger partial charge in [-0.1, -0.05) is 6.92 Å². The van der Waals surface area contributed by atoms with Crippen molar-refractivity contribution in [1.29, 1.82) is 0 Å². The van der Waals surface area contributed by atoms with Crippen LogP contribution in [0.2, 0.25) is 0 Å². The quantitative estimate of drug-likeness (QED) is 0.770. The number of hydrogen-bond donors (Lipinski definition) is 3. The smallest absolute Gasteiger partial charge is 0.338 e. The van der Waals surface area contributed by atoms with Crippen molar-refractivity contribution in [3.05, 3.63) is 28.8 Å². The van der Waals surface area contributed by atoms with Crippen LogP contribution in [0.15, 0.2) is 6.33 Å². The number of carbonyl (C=O) groups is 2. The summed E-state index contributed by atoms with van der Waals surface area (Å²) in [5.41, 5.74) is -1.42. The van der Waals surface area contributed by atoms with Gasteiger partial charge in [-0.25, -0.2) is 19.0 Å². The monoisotopic (exact) mass is 252 g/mol. The molecule has 0 aliphatic rings. The highest BCUT2D eigenvalue weighted by Crippen LogP contribution is 2.28. The lowest BCUT2D eigenvalue weighted by Gasteiger charge is -2.10. The molecule has 0 spiro atoms. The van der Waals surface area contributed by atoms with Crippen LogP contribution in [0.1, 0.15) is 33.2 Å². The van der Waals surface area contributed by atoms with E-state index in [1.807, 2.05) is 0 Å². The lowest BCUT2D eigenvalue weighted by molar-refractivity contribution is 0.0651. The average Bonchev–Trinajstić information content (AvgIpc) is 2.76.